The van der Waals surface area contributed by atoms with Gasteiger partial charge in [-0.3, -0.25) is 14.4 Å². The van der Waals surface area contributed by atoms with Gasteiger partial charge in [0.25, 0.3) is 0 Å². The van der Waals surface area contributed by atoms with Crippen LogP contribution in [0.25, 0.3) is 0 Å². The molecule has 0 amide bonds. The number of esters is 3. The summed E-state index contributed by atoms with van der Waals surface area (Å²) in [7, 11) is 0. The molecule has 0 aromatic heterocycles. The van der Waals surface area contributed by atoms with E-state index in [4.69, 9.17) is 14.2 Å². The van der Waals surface area contributed by atoms with Crippen LogP contribution in [-0.2, 0) is 28.6 Å². The molecule has 0 saturated heterocycles. The van der Waals surface area contributed by atoms with Gasteiger partial charge in [-0.1, -0.05) is 124 Å². The van der Waals surface area contributed by atoms with Crippen molar-refractivity contribution in [2.24, 2.45) is 0 Å². The predicted molar refractivity (Wildman–Crippen MR) is 150 cm³/mol. The van der Waals surface area contributed by atoms with Gasteiger partial charge >= 0.3 is 17.9 Å². The zero-order valence-corrected chi connectivity index (χ0v) is 24.5. The van der Waals surface area contributed by atoms with Gasteiger partial charge in [0.2, 0.25) is 0 Å². The standard InChI is InChI=1S/C31H58O6/c1-4-7-10-13-14-15-16-19-21-24-30(33)36-27-28(37-31(34)25-22-18-12-9-6-3)26-35-29(32)23-20-17-11-8-5-2/h28H,4-27H2,1-3H3/t28-/m0/s1. The lowest BCUT2D eigenvalue weighted by Gasteiger charge is -2.18. The van der Waals surface area contributed by atoms with Crippen LogP contribution in [0.1, 0.15) is 162 Å². The monoisotopic (exact) mass is 526 g/mol. The summed E-state index contributed by atoms with van der Waals surface area (Å²) >= 11 is 0. The van der Waals surface area contributed by atoms with Gasteiger partial charge in [-0.05, 0) is 19.3 Å². The van der Waals surface area contributed by atoms with E-state index < -0.39 is 6.10 Å². The summed E-state index contributed by atoms with van der Waals surface area (Å²) in [5.74, 6) is -0.906. The van der Waals surface area contributed by atoms with Crippen LogP contribution < -0.4 is 0 Å². The van der Waals surface area contributed by atoms with E-state index in [0.717, 1.165) is 70.6 Å². The Morgan fingerprint density at radius 1 is 0.432 bits per heavy atom. The molecule has 0 spiro atoms. The molecule has 0 rings (SSSR count). The van der Waals surface area contributed by atoms with Gasteiger partial charge in [0.15, 0.2) is 6.10 Å². The van der Waals surface area contributed by atoms with Crippen LogP contribution in [-0.4, -0.2) is 37.2 Å². The van der Waals surface area contributed by atoms with Crippen LogP contribution >= 0.6 is 0 Å². The predicted octanol–water partition coefficient (Wildman–Crippen LogP) is 8.63. The first-order valence-electron chi connectivity index (χ1n) is 15.5. The van der Waals surface area contributed by atoms with Gasteiger partial charge in [-0.2, -0.15) is 0 Å². The second-order valence-corrected chi connectivity index (χ2v) is 10.4. The lowest BCUT2D eigenvalue weighted by molar-refractivity contribution is -0.167. The van der Waals surface area contributed by atoms with E-state index in [1.54, 1.807) is 0 Å². The van der Waals surface area contributed by atoms with E-state index in [1.165, 1.54) is 51.4 Å². The Hall–Kier alpha value is -1.59. The van der Waals surface area contributed by atoms with Crippen molar-refractivity contribution in [3.8, 4) is 0 Å². The van der Waals surface area contributed by atoms with Gasteiger partial charge in [-0.15, -0.1) is 0 Å². The van der Waals surface area contributed by atoms with Crippen molar-refractivity contribution in [1.82, 2.24) is 0 Å². The van der Waals surface area contributed by atoms with Gasteiger partial charge in [0.05, 0.1) is 0 Å². The molecular weight excluding hydrogens is 468 g/mol. The number of carbonyl (C=O) groups excluding carboxylic acids is 3. The lowest BCUT2D eigenvalue weighted by Crippen LogP contribution is -2.30. The fourth-order valence-electron chi connectivity index (χ4n) is 4.20. The van der Waals surface area contributed by atoms with Crippen molar-refractivity contribution in [2.45, 2.75) is 168 Å². The first-order valence-corrected chi connectivity index (χ1v) is 15.5. The van der Waals surface area contributed by atoms with E-state index in [1.807, 2.05) is 0 Å². The van der Waals surface area contributed by atoms with Crippen molar-refractivity contribution < 1.29 is 28.6 Å². The van der Waals surface area contributed by atoms with Crippen molar-refractivity contribution in [1.29, 1.82) is 0 Å². The Kier molecular flexibility index (Phi) is 26.3. The maximum Gasteiger partial charge on any atom is 0.306 e. The molecule has 1 atom stereocenters. The highest BCUT2D eigenvalue weighted by atomic mass is 16.6. The average molecular weight is 527 g/mol. The lowest BCUT2D eigenvalue weighted by atomic mass is 10.1. The fourth-order valence-corrected chi connectivity index (χ4v) is 4.20. The molecule has 0 fully saturated rings. The minimum Gasteiger partial charge on any atom is -0.462 e. The number of hydrogen-bond acceptors (Lipinski definition) is 6. The average Bonchev–Trinajstić information content (AvgIpc) is 2.89. The van der Waals surface area contributed by atoms with Crippen LogP contribution in [0.5, 0.6) is 0 Å². The third-order valence-electron chi connectivity index (χ3n) is 6.61. The van der Waals surface area contributed by atoms with Crippen LogP contribution in [0.15, 0.2) is 0 Å². The highest BCUT2D eigenvalue weighted by molar-refractivity contribution is 5.71. The first kappa shape index (κ1) is 35.4. The molecule has 218 valence electrons. The summed E-state index contributed by atoms with van der Waals surface area (Å²) in [6, 6.07) is 0. The molecule has 0 aliphatic carbocycles. The fraction of sp³-hybridized carbons (Fsp3) is 0.903. The van der Waals surface area contributed by atoms with E-state index in [0.29, 0.717) is 19.3 Å². The summed E-state index contributed by atoms with van der Waals surface area (Å²) < 4.78 is 16.3. The van der Waals surface area contributed by atoms with Crippen molar-refractivity contribution in [2.75, 3.05) is 13.2 Å². The molecule has 37 heavy (non-hydrogen) atoms. The molecule has 0 aliphatic rings. The SMILES string of the molecule is CCCCCCCCCCCC(=O)OC[C@H](COC(=O)CCCCCCC)OC(=O)CCCCCCC. The summed E-state index contributed by atoms with van der Waals surface area (Å²) in [4.78, 5) is 36.6. The maximum absolute atomic E-state index is 12.3. The zero-order valence-electron chi connectivity index (χ0n) is 24.5. The minimum absolute atomic E-state index is 0.0678. The third kappa shape index (κ3) is 25.8. The molecule has 0 aromatic carbocycles. The van der Waals surface area contributed by atoms with Crippen LogP contribution in [0, 0.1) is 0 Å². The van der Waals surface area contributed by atoms with Gasteiger partial charge in [0, 0.05) is 19.3 Å². The molecule has 0 aliphatic heterocycles. The van der Waals surface area contributed by atoms with Gasteiger partial charge < -0.3 is 14.2 Å². The Morgan fingerprint density at radius 2 is 0.730 bits per heavy atom. The molecule has 0 heterocycles. The van der Waals surface area contributed by atoms with Gasteiger partial charge in [-0.25, -0.2) is 0 Å². The molecule has 0 aromatic rings. The second kappa shape index (κ2) is 27.4. The van der Waals surface area contributed by atoms with Crippen molar-refractivity contribution in [3.63, 3.8) is 0 Å². The topological polar surface area (TPSA) is 78.9 Å². The molecule has 6 heteroatoms. The summed E-state index contributed by atoms with van der Waals surface area (Å²) in [6.45, 7) is 6.40. The molecule has 0 N–H and O–H groups in total. The maximum atomic E-state index is 12.3. The summed E-state index contributed by atoms with van der Waals surface area (Å²) in [5.41, 5.74) is 0. The van der Waals surface area contributed by atoms with E-state index >= 15 is 0 Å². The van der Waals surface area contributed by atoms with E-state index in [-0.39, 0.29) is 31.1 Å². The number of rotatable bonds is 27. The van der Waals surface area contributed by atoms with Crippen LogP contribution in [0.4, 0.5) is 0 Å². The number of carbonyl (C=O) groups is 3. The normalized spacial score (nSPS) is 11.8. The summed E-state index contributed by atoms with van der Waals surface area (Å²) in [5, 5.41) is 0. The molecule has 0 radical (unpaired) electrons. The minimum atomic E-state index is -0.751. The Morgan fingerprint density at radius 3 is 1.08 bits per heavy atom. The zero-order chi connectivity index (χ0) is 27.4. The second-order valence-electron chi connectivity index (χ2n) is 10.4. The molecule has 6 nitrogen and oxygen atoms in total. The van der Waals surface area contributed by atoms with Crippen molar-refractivity contribution in [3.05, 3.63) is 0 Å². The number of ether oxygens (including phenoxy) is 3. The summed E-state index contributed by atoms with van der Waals surface area (Å²) in [6.07, 6.45) is 21.5. The highest BCUT2D eigenvalue weighted by Crippen LogP contribution is 2.12. The molecule has 0 unspecified atom stereocenters. The Labute approximate surface area is 228 Å². The quantitative estimate of drug-likeness (QED) is 0.0605. The Balaban J connectivity index is 4.29. The smallest absolute Gasteiger partial charge is 0.306 e. The molecule has 0 saturated carbocycles. The molecule has 0 bridgehead atoms. The Bertz CT molecular complexity index is 548. The highest BCUT2D eigenvalue weighted by Gasteiger charge is 2.19. The van der Waals surface area contributed by atoms with Crippen LogP contribution in [0.3, 0.4) is 0 Å². The molecular formula is C31H58O6. The number of hydrogen-bond donors (Lipinski definition) is 0. The van der Waals surface area contributed by atoms with Gasteiger partial charge in [0.1, 0.15) is 13.2 Å². The van der Waals surface area contributed by atoms with E-state index in [2.05, 4.69) is 20.8 Å². The number of unbranched alkanes of at least 4 members (excludes halogenated alkanes) is 16. The third-order valence-corrected chi connectivity index (χ3v) is 6.61. The largest absolute Gasteiger partial charge is 0.462 e. The first-order chi connectivity index (χ1) is 18.0. The van der Waals surface area contributed by atoms with E-state index in [9.17, 15) is 14.4 Å². The van der Waals surface area contributed by atoms with Crippen molar-refractivity contribution >= 4 is 17.9 Å². The van der Waals surface area contributed by atoms with Crippen LogP contribution in [0.2, 0.25) is 0 Å².